The van der Waals surface area contributed by atoms with E-state index in [4.69, 9.17) is 0 Å². The van der Waals surface area contributed by atoms with E-state index in [1.165, 1.54) is 173 Å². The van der Waals surface area contributed by atoms with Crippen molar-refractivity contribution in [3.05, 3.63) is 0 Å². The van der Waals surface area contributed by atoms with Crippen LogP contribution >= 0.6 is 0 Å². The smallest absolute Gasteiger partial charge is 0.662 e. The zero-order chi connectivity index (χ0) is 38.3. The number of carbonyl (C=O) groups excluding carboxylic acids is 3. The van der Waals surface area contributed by atoms with Gasteiger partial charge in [0.05, 0.1) is 0 Å². The van der Waals surface area contributed by atoms with E-state index in [1.54, 1.807) is 0 Å². The van der Waals surface area contributed by atoms with Crippen LogP contribution in [0, 0.1) is 0 Å². The number of carbonyl (C=O) groups is 3. The first-order valence-corrected chi connectivity index (χ1v) is 21.4. The average Bonchev–Trinajstić information content (AvgIpc) is 3.15. The molecule has 306 valence electrons. The fourth-order valence-electron chi connectivity index (χ4n) is 5.93. The minimum absolute atomic E-state index is 0. The first-order valence-electron chi connectivity index (χ1n) is 21.4. The second-order valence-corrected chi connectivity index (χ2v) is 14.2. The molecular weight excluding hydrogens is 675 g/mol. The first-order chi connectivity index (χ1) is 24.9. The van der Waals surface area contributed by atoms with Crippen molar-refractivity contribution >= 4 is 35.3 Å². The number of unbranched alkanes of at least 4 members (excludes halogenated alkanes) is 30. The van der Waals surface area contributed by atoms with Gasteiger partial charge in [0.15, 0.2) is 0 Å². The Hall–Kier alpha value is -1.18. The molecule has 10 heteroatoms. The van der Waals surface area contributed by atoms with Crippen molar-refractivity contribution in [2.75, 3.05) is 0 Å². The Balaban J connectivity index is -0.000000329. The van der Waals surface area contributed by atoms with Crippen molar-refractivity contribution in [1.29, 1.82) is 0 Å². The van der Waals surface area contributed by atoms with E-state index in [-0.39, 0.29) is 36.6 Å². The molecule has 0 aromatic rings. The SMILES string of the molecule is CCCCCCCCCCCCCC(=O)O[O-].CCCCCCCCCCCCCC(=O)O[O-].CCCCCCCCCCCCCC(=O)O[O-].[Al+3]. The standard InChI is InChI=1S/3C14H28O3.Al/c3*1-2-3-4-5-6-7-8-9-10-11-12-13-14(15)17-16;/h3*16H,2-13H2,1H3;/q;;;+3/p-3. The van der Waals surface area contributed by atoms with E-state index < -0.39 is 17.9 Å². The molecule has 0 rings (SSSR count). The molecular formula is C42H81AlO9. The largest absolute Gasteiger partial charge is 3.00 e. The molecule has 0 aromatic carbocycles. The summed E-state index contributed by atoms with van der Waals surface area (Å²) in [5.74, 6) is -1.87. The van der Waals surface area contributed by atoms with Crippen molar-refractivity contribution < 1.29 is 44.8 Å². The third kappa shape index (κ3) is 58.1. The minimum Gasteiger partial charge on any atom is -0.662 e. The van der Waals surface area contributed by atoms with Gasteiger partial charge in [0, 0.05) is 19.3 Å². The Morgan fingerprint density at radius 3 is 0.558 bits per heavy atom. The first kappa shape index (κ1) is 57.5. The van der Waals surface area contributed by atoms with Crippen LogP contribution < -0.4 is 15.8 Å². The molecule has 0 heterocycles. The maximum Gasteiger partial charge on any atom is 3.00 e. The zero-order valence-electron chi connectivity index (χ0n) is 34.2. The molecule has 0 fully saturated rings. The zero-order valence-corrected chi connectivity index (χ0v) is 35.4. The van der Waals surface area contributed by atoms with Crippen molar-refractivity contribution in [1.82, 2.24) is 0 Å². The van der Waals surface area contributed by atoms with Gasteiger partial charge in [0.25, 0.3) is 17.9 Å². The van der Waals surface area contributed by atoms with Gasteiger partial charge in [-0.05, 0) is 19.3 Å². The van der Waals surface area contributed by atoms with E-state index in [2.05, 4.69) is 35.4 Å². The molecule has 0 N–H and O–H groups in total. The van der Waals surface area contributed by atoms with Crippen molar-refractivity contribution in [3.8, 4) is 0 Å². The molecule has 0 saturated heterocycles. The molecule has 0 bridgehead atoms. The van der Waals surface area contributed by atoms with Gasteiger partial charge in [-0.25, -0.2) is 0 Å². The molecule has 0 unspecified atom stereocenters. The molecule has 0 saturated carbocycles. The van der Waals surface area contributed by atoms with Crippen LogP contribution in [0.3, 0.4) is 0 Å². The molecule has 52 heavy (non-hydrogen) atoms. The number of hydrogen-bond acceptors (Lipinski definition) is 9. The second kappa shape index (κ2) is 54.2. The molecule has 0 aromatic heterocycles. The molecule has 0 radical (unpaired) electrons. The van der Waals surface area contributed by atoms with Crippen LogP contribution in [0.1, 0.15) is 252 Å². The summed E-state index contributed by atoms with van der Waals surface area (Å²) in [5.41, 5.74) is 0. The Labute approximate surface area is 331 Å². The van der Waals surface area contributed by atoms with Crippen LogP contribution in [0.5, 0.6) is 0 Å². The predicted molar refractivity (Wildman–Crippen MR) is 207 cm³/mol. The van der Waals surface area contributed by atoms with Gasteiger partial charge in [0.1, 0.15) is 0 Å². The van der Waals surface area contributed by atoms with Gasteiger partial charge in [0.2, 0.25) is 0 Å². The van der Waals surface area contributed by atoms with Crippen LogP contribution in [-0.4, -0.2) is 35.3 Å². The number of rotatable bonds is 36. The van der Waals surface area contributed by atoms with Crippen molar-refractivity contribution in [2.24, 2.45) is 0 Å². The summed E-state index contributed by atoms with van der Waals surface area (Å²) in [6.07, 6.45) is 41.9. The molecule has 0 spiro atoms. The van der Waals surface area contributed by atoms with Gasteiger partial charge >= 0.3 is 17.4 Å². The summed E-state index contributed by atoms with van der Waals surface area (Å²) in [6.45, 7) is 6.72. The van der Waals surface area contributed by atoms with Crippen molar-refractivity contribution in [3.63, 3.8) is 0 Å². The Morgan fingerprint density at radius 2 is 0.423 bits per heavy atom. The van der Waals surface area contributed by atoms with E-state index in [1.807, 2.05) is 0 Å². The monoisotopic (exact) mass is 757 g/mol. The average molecular weight is 757 g/mol. The van der Waals surface area contributed by atoms with Crippen LogP contribution in [0.4, 0.5) is 0 Å². The van der Waals surface area contributed by atoms with Crippen LogP contribution in [0.2, 0.25) is 0 Å². The maximum absolute atomic E-state index is 10.5. The molecule has 0 atom stereocenters. The van der Waals surface area contributed by atoms with Gasteiger partial charge < -0.3 is 30.4 Å². The molecule has 0 aliphatic carbocycles. The van der Waals surface area contributed by atoms with E-state index >= 15 is 0 Å². The number of hydrogen-bond donors (Lipinski definition) is 0. The van der Waals surface area contributed by atoms with Gasteiger partial charge in [-0.15, -0.1) is 0 Å². The molecule has 0 aliphatic heterocycles. The fraction of sp³-hybridized carbons (Fsp3) is 0.929. The molecule has 0 amide bonds. The van der Waals surface area contributed by atoms with E-state index in [0.717, 1.165) is 38.5 Å². The third-order valence-electron chi connectivity index (χ3n) is 9.23. The van der Waals surface area contributed by atoms with Crippen LogP contribution in [-0.2, 0) is 29.0 Å². The summed E-state index contributed by atoms with van der Waals surface area (Å²) < 4.78 is 0. The Kier molecular flexibility index (Phi) is 59.9. The summed E-state index contributed by atoms with van der Waals surface area (Å²) in [5, 5.41) is 29.1. The van der Waals surface area contributed by atoms with Gasteiger partial charge in [-0.2, -0.15) is 0 Å². The normalized spacial score (nSPS) is 10.3. The maximum atomic E-state index is 10.5. The van der Waals surface area contributed by atoms with E-state index in [0.29, 0.717) is 0 Å². The summed E-state index contributed by atoms with van der Waals surface area (Å²) in [7, 11) is 0. The Bertz CT molecular complexity index is 604. The summed E-state index contributed by atoms with van der Waals surface area (Å²) >= 11 is 0. The summed E-state index contributed by atoms with van der Waals surface area (Å²) in [4.78, 5) is 41.7. The van der Waals surface area contributed by atoms with Crippen LogP contribution in [0.25, 0.3) is 0 Å². The molecule has 0 aliphatic rings. The van der Waals surface area contributed by atoms with Crippen molar-refractivity contribution in [2.45, 2.75) is 252 Å². The second-order valence-electron chi connectivity index (χ2n) is 14.2. The van der Waals surface area contributed by atoms with Crippen LogP contribution in [0.15, 0.2) is 0 Å². The third-order valence-corrected chi connectivity index (χ3v) is 9.23. The molecule has 9 nitrogen and oxygen atoms in total. The predicted octanol–water partition coefficient (Wildman–Crippen LogP) is 10.1. The Morgan fingerprint density at radius 1 is 0.288 bits per heavy atom. The van der Waals surface area contributed by atoms with Gasteiger partial charge in [-0.3, -0.25) is 14.4 Å². The fourth-order valence-corrected chi connectivity index (χ4v) is 5.93. The quantitative estimate of drug-likeness (QED) is 0.0263. The topological polar surface area (TPSA) is 148 Å². The van der Waals surface area contributed by atoms with Gasteiger partial charge in [-0.1, -0.05) is 213 Å². The summed E-state index contributed by atoms with van der Waals surface area (Å²) in [6, 6.07) is 0. The minimum atomic E-state index is -0.624. The van der Waals surface area contributed by atoms with E-state index in [9.17, 15) is 30.2 Å².